The quantitative estimate of drug-likeness (QED) is 0.297. The van der Waals surface area contributed by atoms with Crippen LogP contribution >= 0.6 is 0 Å². The van der Waals surface area contributed by atoms with Crippen molar-refractivity contribution in [2.45, 2.75) is 0 Å². The normalized spacial score (nSPS) is 12.4. The van der Waals surface area contributed by atoms with E-state index in [1.807, 2.05) is 11.6 Å². The minimum atomic E-state index is 1.05. The SMILES string of the molecule is C[n+]1ccc(-c2cc3[nH]c2=Cc2ccc([nH]2)C=c2ccc([nH]2)=Cc2ccc([nH]2)C=3)cc1. The molecule has 0 saturated carbocycles. The lowest BCUT2D eigenvalue weighted by atomic mass is 10.1. The number of aryl methyl sites for hydroxylation is 1. The zero-order valence-electron chi connectivity index (χ0n) is 17.1. The molecule has 5 heteroatoms. The number of rotatable bonds is 1. The standard InChI is InChI=1S/C26H21N5/c1-31-10-8-17(9-11-31)25-15-24-14-22-5-4-20(28-22)12-18-2-3-19(27-18)13-21-6-7-23(29-21)16-26(25)30-24/h2-16H,1H3,(H3,27,28,29,30)/p+1. The first-order valence-electron chi connectivity index (χ1n) is 10.3. The van der Waals surface area contributed by atoms with Gasteiger partial charge in [-0.25, -0.2) is 4.57 Å². The highest BCUT2D eigenvalue weighted by atomic mass is 14.9. The molecular formula is C26H22N5+. The van der Waals surface area contributed by atoms with Crippen LogP contribution in [0.4, 0.5) is 0 Å². The van der Waals surface area contributed by atoms with Crippen molar-refractivity contribution < 1.29 is 4.57 Å². The molecule has 5 nitrogen and oxygen atoms in total. The molecule has 6 rings (SSSR count). The first-order valence-corrected chi connectivity index (χ1v) is 10.3. The smallest absolute Gasteiger partial charge is 0.169 e. The third kappa shape index (κ3) is 3.46. The largest absolute Gasteiger partial charge is 0.355 e. The Morgan fingerprint density at radius 3 is 1.71 bits per heavy atom. The highest BCUT2D eigenvalue weighted by Gasteiger charge is 2.06. The van der Waals surface area contributed by atoms with Crippen molar-refractivity contribution in [3.05, 3.63) is 111 Å². The van der Waals surface area contributed by atoms with Crippen molar-refractivity contribution in [3.8, 4) is 11.1 Å². The molecule has 0 unspecified atom stereocenters. The van der Waals surface area contributed by atoms with Crippen LogP contribution in [0.3, 0.4) is 0 Å². The molecule has 0 spiro atoms. The summed E-state index contributed by atoms with van der Waals surface area (Å²) in [7, 11) is 2.03. The summed E-state index contributed by atoms with van der Waals surface area (Å²) in [6.45, 7) is 0. The van der Waals surface area contributed by atoms with Crippen molar-refractivity contribution in [2.24, 2.45) is 7.05 Å². The summed E-state index contributed by atoms with van der Waals surface area (Å²) < 4.78 is 2.05. The van der Waals surface area contributed by atoms with Gasteiger partial charge >= 0.3 is 0 Å². The molecule has 6 heterocycles. The molecule has 0 fully saturated rings. The van der Waals surface area contributed by atoms with Gasteiger partial charge in [0.05, 0.1) is 0 Å². The lowest BCUT2D eigenvalue weighted by Crippen LogP contribution is -2.25. The van der Waals surface area contributed by atoms with Gasteiger partial charge in [-0.05, 0) is 72.3 Å². The monoisotopic (exact) mass is 404 g/mol. The first kappa shape index (κ1) is 17.6. The summed E-state index contributed by atoms with van der Waals surface area (Å²) in [5.41, 5.74) is 6.56. The van der Waals surface area contributed by atoms with Crippen LogP contribution < -0.4 is 26.0 Å². The Hall–Kier alpha value is -4.25. The van der Waals surface area contributed by atoms with Gasteiger partial charge in [-0.1, -0.05) is 0 Å². The maximum atomic E-state index is 3.59. The van der Waals surface area contributed by atoms with Gasteiger partial charge in [-0.15, -0.1) is 0 Å². The van der Waals surface area contributed by atoms with Gasteiger partial charge in [0.25, 0.3) is 0 Å². The van der Waals surface area contributed by atoms with E-state index >= 15 is 0 Å². The Bertz CT molecular complexity index is 1640. The highest BCUT2D eigenvalue weighted by molar-refractivity contribution is 5.67. The number of nitrogens with zero attached hydrogens (tertiary/aromatic N) is 1. The predicted octanol–water partition coefficient (Wildman–Crippen LogP) is 1.12. The van der Waals surface area contributed by atoms with Crippen LogP contribution in [-0.2, 0) is 7.05 Å². The fourth-order valence-corrected chi connectivity index (χ4v) is 4.06. The summed E-state index contributed by atoms with van der Waals surface area (Å²) in [4.78, 5) is 14.0. The van der Waals surface area contributed by atoms with E-state index < -0.39 is 0 Å². The summed E-state index contributed by atoms with van der Waals surface area (Å²) in [5, 5.41) is 4.24. The third-order valence-electron chi connectivity index (χ3n) is 5.58. The summed E-state index contributed by atoms with van der Waals surface area (Å²) in [6.07, 6.45) is 12.7. The Balaban J connectivity index is 1.62. The number of hydrogen-bond acceptors (Lipinski definition) is 0. The van der Waals surface area contributed by atoms with Gasteiger partial charge in [0.15, 0.2) is 12.4 Å². The lowest BCUT2D eigenvalue weighted by Gasteiger charge is -1.96. The Kier molecular flexibility index (Phi) is 3.93. The van der Waals surface area contributed by atoms with Crippen LogP contribution in [0.2, 0.25) is 0 Å². The molecule has 8 bridgehead atoms. The highest BCUT2D eigenvalue weighted by Crippen LogP contribution is 2.13. The van der Waals surface area contributed by atoms with Crippen molar-refractivity contribution in [3.63, 3.8) is 0 Å². The predicted molar refractivity (Wildman–Crippen MR) is 123 cm³/mol. The van der Waals surface area contributed by atoms with Gasteiger partial charge in [0.2, 0.25) is 0 Å². The van der Waals surface area contributed by atoms with E-state index in [2.05, 4.69) is 111 Å². The van der Waals surface area contributed by atoms with Gasteiger partial charge in [0, 0.05) is 61.9 Å². The van der Waals surface area contributed by atoms with Crippen LogP contribution in [0.25, 0.3) is 35.4 Å². The maximum Gasteiger partial charge on any atom is 0.169 e. The molecule has 31 heavy (non-hydrogen) atoms. The van der Waals surface area contributed by atoms with Crippen LogP contribution in [0.15, 0.2) is 67.0 Å². The maximum absolute atomic E-state index is 3.59. The molecule has 4 N–H and O–H groups in total. The first-order chi connectivity index (χ1) is 15.2. The zero-order chi connectivity index (χ0) is 20.8. The van der Waals surface area contributed by atoms with E-state index in [0.717, 1.165) is 44.2 Å². The lowest BCUT2D eigenvalue weighted by molar-refractivity contribution is -0.671. The van der Waals surface area contributed by atoms with Crippen molar-refractivity contribution in [2.75, 3.05) is 0 Å². The molecule has 0 aliphatic carbocycles. The van der Waals surface area contributed by atoms with E-state index in [1.54, 1.807) is 0 Å². The number of aromatic amines is 4. The Labute approximate surface area is 178 Å². The molecule has 1 aliphatic rings. The molecule has 0 radical (unpaired) electrons. The summed E-state index contributed by atoms with van der Waals surface area (Å²) >= 11 is 0. The van der Waals surface area contributed by atoms with Crippen LogP contribution in [-0.4, -0.2) is 19.9 Å². The summed E-state index contributed by atoms with van der Waals surface area (Å²) in [6, 6.07) is 19.1. The van der Waals surface area contributed by atoms with Gasteiger partial charge in [-0.2, -0.15) is 0 Å². The van der Waals surface area contributed by atoms with Crippen LogP contribution in [0.1, 0.15) is 22.8 Å². The minimum Gasteiger partial charge on any atom is -0.355 e. The molecular weight excluding hydrogens is 382 g/mol. The fraction of sp³-hybridized carbons (Fsp3) is 0.0385. The molecule has 0 aromatic carbocycles. The van der Waals surface area contributed by atoms with Crippen molar-refractivity contribution in [1.29, 1.82) is 0 Å². The van der Waals surface area contributed by atoms with Crippen LogP contribution in [0.5, 0.6) is 0 Å². The second-order valence-electron chi connectivity index (χ2n) is 7.99. The van der Waals surface area contributed by atoms with Crippen molar-refractivity contribution in [1.82, 2.24) is 19.9 Å². The second-order valence-corrected chi connectivity index (χ2v) is 7.99. The number of pyridine rings is 1. The number of H-pyrrole nitrogens is 4. The molecule has 1 aliphatic heterocycles. The number of fused-ring (bicyclic) bond motifs is 8. The number of hydrogen-bond donors (Lipinski definition) is 4. The zero-order valence-corrected chi connectivity index (χ0v) is 17.1. The third-order valence-corrected chi connectivity index (χ3v) is 5.58. The molecule has 0 amide bonds. The van der Waals surface area contributed by atoms with E-state index in [0.29, 0.717) is 0 Å². The number of aromatic nitrogens is 5. The van der Waals surface area contributed by atoms with Gasteiger partial charge in [-0.3, -0.25) is 0 Å². The second kappa shape index (κ2) is 6.92. The van der Waals surface area contributed by atoms with Gasteiger partial charge < -0.3 is 19.9 Å². The average molecular weight is 404 g/mol. The molecule has 0 atom stereocenters. The minimum absolute atomic E-state index is 1.05. The Morgan fingerprint density at radius 2 is 1.10 bits per heavy atom. The number of nitrogens with one attached hydrogen (secondary N) is 4. The average Bonchev–Trinajstić information content (AvgIpc) is 3.54. The molecule has 150 valence electrons. The summed E-state index contributed by atoms with van der Waals surface area (Å²) in [5.74, 6) is 0. The molecule has 5 aromatic heterocycles. The van der Waals surface area contributed by atoms with E-state index in [-0.39, 0.29) is 0 Å². The van der Waals surface area contributed by atoms with E-state index in [4.69, 9.17) is 0 Å². The van der Waals surface area contributed by atoms with Crippen LogP contribution in [0, 0.1) is 0 Å². The van der Waals surface area contributed by atoms with Gasteiger partial charge in [0.1, 0.15) is 7.05 Å². The Morgan fingerprint density at radius 1 is 0.548 bits per heavy atom. The topological polar surface area (TPSA) is 67.0 Å². The van der Waals surface area contributed by atoms with E-state index in [1.165, 1.54) is 11.1 Å². The van der Waals surface area contributed by atoms with Crippen molar-refractivity contribution >= 4 is 24.3 Å². The van der Waals surface area contributed by atoms with E-state index in [9.17, 15) is 0 Å². The fourth-order valence-electron chi connectivity index (χ4n) is 4.06. The molecule has 5 aromatic rings. The molecule has 0 saturated heterocycles.